The molecule has 28 heavy (non-hydrogen) atoms. The van der Waals surface area contributed by atoms with Gasteiger partial charge in [-0.1, -0.05) is 53.2 Å². The van der Waals surface area contributed by atoms with Gasteiger partial charge in [-0.3, -0.25) is 4.79 Å². The standard InChI is InChI=1S/C17H14Cl2N6O2S/c1-27-16-11(7-12(18)8-14(16)19)9-20-21-15(26)10-28-17-22-23-24-25(17)13-5-3-2-4-6-13/h2-9H,10H2,1H3,(H,21,26)/b20-9+. The maximum absolute atomic E-state index is 12.1. The van der Waals surface area contributed by atoms with Crippen LogP contribution in [0.3, 0.4) is 0 Å². The third-order valence-corrected chi connectivity index (χ3v) is 4.83. The minimum atomic E-state index is -0.323. The van der Waals surface area contributed by atoms with Crippen LogP contribution in [0.4, 0.5) is 0 Å². The Labute approximate surface area is 174 Å². The molecule has 1 N–H and O–H groups in total. The van der Waals surface area contributed by atoms with Gasteiger partial charge >= 0.3 is 0 Å². The van der Waals surface area contributed by atoms with Gasteiger partial charge in [0.25, 0.3) is 5.91 Å². The quantitative estimate of drug-likeness (QED) is 0.347. The first-order valence-corrected chi connectivity index (χ1v) is 9.64. The molecular weight excluding hydrogens is 423 g/mol. The number of carbonyl (C=O) groups excluding carboxylic acids is 1. The smallest absolute Gasteiger partial charge is 0.250 e. The van der Waals surface area contributed by atoms with E-state index in [1.165, 1.54) is 25.1 Å². The molecule has 0 atom stereocenters. The molecule has 0 radical (unpaired) electrons. The molecule has 11 heteroatoms. The Balaban J connectivity index is 1.59. The lowest BCUT2D eigenvalue weighted by Gasteiger charge is -2.07. The van der Waals surface area contributed by atoms with Crippen LogP contribution in [0.5, 0.6) is 5.75 Å². The van der Waals surface area contributed by atoms with Gasteiger partial charge < -0.3 is 4.74 Å². The van der Waals surface area contributed by atoms with Crippen molar-refractivity contribution in [2.24, 2.45) is 5.10 Å². The second-order valence-corrected chi connectivity index (χ2v) is 7.09. The van der Waals surface area contributed by atoms with Crippen molar-refractivity contribution in [3.63, 3.8) is 0 Å². The van der Waals surface area contributed by atoms with E-state index in [0.29, 0.717) is 26.5 Å². The summed E-state index contributed by atoms with van der Waals surface area (Å²) in [6, 6.07) is 12.6. The van der Waals surface area contributed by atoms with Crippen LogP contribution in [0.15, 0.2) is 52.7 Å². The van der Waals surface area contributed by atoms with Gasteiger partial charge in [0.15, 0.2) is 0 Å². The van der Waals surface area contributed by atoms with E-state index in [2.05, 4.69) is 26.1 Å². The Bertz CT molecular complexity index is 997. The normalized spacial score (nSPS) is 11.0. The Hall–Kier alpha value is -2.62. The molecule has 0 aliphatic heterocycles. The van der Waals surface area contributed by atoms with Crippen molar-refractivity contribution in [3.05, 3.63) is 58.1 Å². The molecule has 0 fully saturated rings. The van der Waals surface area contributed by atoms with Crippen LogP contribution in [-0.4, -0.2) is 45.2 Å². The summed E-state index contributed by atoms with van der Waals surface area (Å²) < 4.78 is 6.77. The highest BCUT2D eigenvalue weighted by molar-refractivity contribution is 7.99. The lowest BCUT2D eigenvalue weighted by atomic mass is 10.2. The molecular formula is C17H14Cl2N6O2S. The van der Waals surface area contributed by atoms with Crippen molar-refractivity contribution >= 4 is 47.1 Å². The van der Waals surface area contributed by atoms with E-state index < -0.39 is 0 Å². The zero-order valence-corrected chi connectivity index (χ0v) is 16.9. The predicted molar refractivity (Wildman–Crippen MR) is 109 cm³/mol. The number of hydrogen-bond acceptors (Lipinski definition) is 7. The highest BCUT2D eigenvalue weighted by atomic mass is 35.5. The van der Waals surface area contributed by atoms with Crippen LogP contribution in [0.1, 0.15) is 5.56 Å². The molecule has 0 aliphatic rings. The monoisotopic (exact) mass is 436 g/mol. The molecule has 144 valence electrons. The number of hydrogen-bond donors (Lipinski definition) is 1. The number of halogens is 2. The highest BCUT2D eigenvalue weighted by Gasteiger charge is 2.11. The largest absolute Gasteiger partial charge is 0.495 e. The molecule has 3 aromatic rings. The number of benzene rings is 2. The fourth-order valence-corrected chi connectivity index (χ4v) is 3.50. The lowest BCUT2D eigenvalue weighted by molar-refractivity contribution is -0.118. The van der Waals surface area contributed by atoms with Gasteiger partial charge in [0.2, 0.25) is 5.16 Å². The average molecular weight is 437 g/mol. The fourth-order valence-electron chi connectivity index (χ4n) is 2.23. The summed E-state index contributed by atoms with van der Waals surface area (Å²) in [6.45, 7) is 0. The second-order valence-electron chi connectivity index (χ2n) is 5.30. The van der Waals surface area contributed by atoms with Crippen molar-refractivity contribution in [3.8, 4) is 11.4 Å². The van der Waals surface area contributed by atoms with Crippen molar-refractivity contribution in [1.29, 1.82) is 0 Å². The molecule has 8 nitrogen and oxygen atoms in total. The molecule has 0 unspecified atom stereocenters. The Kier molecular flexibility index (Phi) is 6.85. The van der Waals surface area contributed by atoms with E-state index in [-0.39, 0.29) is 11.7 Å². The van der Waals surface area contributed by atoms with E-state index >= 15 is 0 Å². The molecule has 0 spiro atoms. The first kappa shape index (κ1) is 20.1. The van der Waals surface area contributed by atoms with Crippen LogP contribution >= 0.6 is 35.0 Å². The lowest BCUT2D eigenvalue weighted by Crippen LogP contribution is -2.20. The molecule has 0 bridgehead atoms. The third-order valence-electron chi connectivity index (χ3n) is 3.41. The number of nitrogens with one attached hydrogen (secondary N) is 1. The second kappa shape index (κ2) is 9.54. The first-order chi connectivity index (χ1) is 13.6. The van der Waals surface area contributed by atoms with Gasteiger partial charge in [0, 0.05) is 10.6 Å². The van der Waals surface area contributed by atoms with Crippen molar-refractivity contribution in [2.45, 2.75) is 5.16 Å². The summed E-state index contributed by atoms with van der Waals surface area (Å²) in [5.41, 5.74) is 3.78. The zero-order valence-electron chi connectivity index (χ0n) is 14.5. The number of thioether (sulfide) groups is 1. The van der Waals surface area contributed by atoms with Gasteiger partial charge in [-0.2, -0.15) is 9.78 Å². The fraction of sp³-hybridized carbons (Fsp3) is 0.118. The Morgan fingerprint density at radius 1 is 1.32 bits per heavy atom. The van der Waals surface area contributed by atoms with Gasteiger partial charge in [-0.05, 0) is 34.7 Å². The molecule has 0 saturated heterocycles. The summed E-state index contributed by atoms with van der Waals surface area (Å²) in [7, 11) is 1.48. The number of carbonyl (C=O) groups is 1. The summed E-state index contributed by atoms with van der Waals surface area (Å²) in [4.78, 5) is 12.1. The van der Waals surface area contributed by atoms with E-state index in [0.717, 1.165) is 5.69 Å². The molecule has 1 aromatic heterocycles. The van der Waals surface area contributed by atoms with Crippen LogP contribution in [0.25, 0.3) is 5.69 Å². The maximum Gasteiger partial charge on any atom is 0.250 e. The number of nitrogens with zero attached hydrogens (tertiary/aromatic N) is 5. The number of amides is 1. The Morgan fingerprint density at radius 2 is 2.11 bits per heavy atom. The van der Waals surface area contributed by atoms with Crippen molar-refractivity contribution in [2.75, 3.05) is 12.9 Å². The molecule has 0 saturated carbocycles. The number of rotatable bonds is 7. The highest BCUT2D eigenvalue weighted by Crippen LogP contribution is 2.31. The molecule has 0 aliphatic carbocycles. The summed E-state index contributed by atoms with van der Waals surface area (Å²) in [5, 5.41) is 16.7. The van der Waals surface area contributed by atoms with Gasteiger partial charge in [0.05, 0.1) is 29.8 Å². The van der Waals surface area contributed by atoms with Gasteiger partial charge in [-0.25, -0.2) is 5.43 Å². The first-order valence-electron chi connectivity index (χ1n) is 7.90. The van der Waals surface area contributed by atoms with E-state index in [9.17, 15) is 4.79 Å². The molecule has 2 aromatic carbocycles. The van der Waals surface area contributed by atoms with Crippen LogP contribution in [0, 0.1) is 0 Å². The van der Waals surface area contributed by atoms with E-state index in [4.69, 9.17) is 27.9 Å². The summed E-state index contributed by atoms with van der Waals surface area (Å²) >= 11 is 13.2. The summed E-state index contributed by atoms with van der Waals surface area (Å²) in [6.07, 6.45) is 1.41. The van der Waals surface area contributed by atoms with Crippen LogP contribution in [0.2, 0.25) is 10.0 Å². The SMILES string of the molecule is COc1c(Cl)cc(Cl)cc1/C=N/NC(=O)CSc1nnnn1-c1ccccc1. The molecule has 3 rings (SSSR count). The number of aromatic nitrogens is 4. The molecule has 1 heterocycles. The summed E-state index contributed by atoms with van der Waals surface area (Å²) in [5.74, 6) is 0.175. The average Bonchev–Trinajstić information content (AvgIpc) is 3.15. The topological polar surface area (TPSA) is 94.3 Å². The number of tetrazole rings is 1. The minimum absolute atomic E-state index is 0.0813. The maximum atomic E-state index is 12.1. The van der Waals surface area contributed by atoms with Gasteiger partial charge in [-0.15, -0.1) is 5.10 Å². The number of para-hydroxylation sites is 1. The Morgan fingerprint density at radius 3 is 2.86 bits per heavy atom. The van der Waals surface area contributed by atoms with E-state index in [1.807, 2.05) is 30.3 Å². The number of hydrazone groups is 1. The molecule has 1 amide bonds. The van der Waals surface area contributed by atoms with Crippen LogP contribution < -0.4 is 10.2 Å². The van der Waals surface area contributed by atoms with Gasteiger partial charge in [0.1, 0.15) is 5.75 Å². The minimum Gasteiger partial charge on any atom is -0.495 e. The zero-order chi connectivity index (χ0) is 19.9. The predicted octanol–water partition coefficient (Wildman–Crippen LogP) is 3.22. The third kappa shape index (κ3) is 5.00. The number of ether oxygens (including phenoxy) is 1. The van der Waals surface area contributed by atoms with Crippen LogP contribution in [-0.2, 0) is 4.79 Å². The van der Waals surface area contributed by atoms with Crippen molar-refractivity contribution < 1.29 is 9.53 Å². The van der Waals surface area contributed by atoms with Crippen molar-refractivity contribution in [1.82, 2.24) is 25.6 Å². The van der Waals surface area contributed by atoms with E-state index in [1.54, 1.807) is 16.8 Å². The number of methoxy groups -OCH3 is 1.